The lowest BCUT2D eigenvalue weighted by atomic mass is 10.1. The van der Waals surface area contributed by atoms with Gasteiger partial charge >= 0.3 is 0 Å². The molecule has 2 fully saturated rings. The Kier molecular flexibility index (Phi) is 7.55. The van der Waals surface area contributed by atoms with Crippen LogP contribution < -0.4 is 15.4 Å². The average molecular weight is 589 g/mol. The highest BCUT2D eigenvalue weighted by atomic mass is 16.5. The molecule has 0 radical (unpaired) electrons. The summed E-state index contributed by atoms with van der Waals surface area (Å²) in [5, 5.41) is 15.1. The molecule has 44 heavy (non-hydrogen) atoms. The first-order valence-electron chi connectivity index (χ1n) is 15.3. The van der Waals surface area contributed by atoms with Gasteiger partial charge < -0.3 is 24.5 Å². The van der Waals surface area contributed by atoms with E-state index in [1.54, 1.807) is 19.5 Å². The zero-order valence-corrected chi connectivity index (χ0v) is 25.0. The Balaban J connectivity index is 1.18. The Morgan fingerprint density at radius 3 is 2.61 bits per heavy atom. The van der Waals surface area contributed by atoms with E-state index in [1.807, 2.05) is 59.4 Å². The van der Waals surface area contributed by atoms with E-state index >= 15 is 0 Å². The molecule has 0 aliphatic heterocycles. The Morgan fingerprint density at radius 1 is 1.02 bits per heavy atom. The number of pyridine rings is 1. The summed E-state index contributed by atoms with van der Waals surface area (Å²) in [5.41, 5.74) is 6.05. The topological polar surface area (TPSA) is 112 Å². The summed E-state index contributed by atoms with van der Waals surface area (Å²) in [6, 6.07) is 17.8. The zero-order chi connectivity index (χ0) is 30.0. The number of nitrogens with zero attached hydrogens (tertiary/aromatic N) is 6. The van der Waals surface area contributed by atoms with Crippen LogP contribution in [0.5, 0.6) is 5.75 Å². The van der Waals surface area contributed by atoms with Crippen LogP contribution in [0, 0.1) is 6.92 Å². The molecule has 2 saturated carbocycles. The fourth-order valence-corrected chi connectivity index (χ4v) is 6.00. The number of hydrogen-bond donors (Lipinski definition) is 2. The van der Waals surface area contributed by atoms with Crippen molar-refractivity contribution in [1.29, 1.82) is 0 Å². The number of nitrogens with one attached hydrogen (secondary N) is 2. The van der Waals surface area contributed by atoms with E-state index in [-0.39, 0.29) is 5.91 Å². The summed E-state index contributed by atoms with van der Waals surface area (Å²) in [7, 11) is 1.65. The van der Waals surface area contributed by atoms with E-state index in [0.29, 0.717) is 35.6 Å². The van der Waals surface area contributed by atoms with E-state index in [4.69, 9.17) is 9.72 Å². The highest BCUT2D eigenvalue weighted by Crippen LogP contribution is 2.39. The molecule has 0 saturated heterocycles. The second kappa shape index (κ2) is 11.9. The van der Waals surface area contributed by atoms with Gasteiger partial charge in [0.25, 0.3) is 5.91 Å². The van der Waals surface area contributed by atoms with Crippen LogP contribution in [0.2, 0.25) is 0 Å². The molecule has 0 bridgehead atoms. The first-order valence-corrected chi connectivity index (χ1v) is 15.3. The zero-order valence-electron chi connectivity index (χ0n) is 25.0. The molecule has 10 nitrogen and oxygen atoms in total. The SMILES string of the molecule is COc1ccc(CNc2cc(C)c(-n3cnc(C4CC4)c3)cc2C(=O)Nc2cccc(-c3nncn3C3CCCC3)n2)cc1. The maximum atomic E-state index is 14.0. The van der Waals surface area contributed by atoms with Crippen LogP contribution in [-0.2, 0) is 6.54 Å². The predicted molar refractivity (Wildman–Crippen MR) is 169 cm³/mol. The number of carbonyl (C=O) groups is 1. The molecular weight excluding hydrogens is 552 g/mol. The van der Waals surface area contributed by atoms with Crippen molar-refractivity contribution in [2.24, 2.45) is 0 Å². The third kappa shape index (κ3) is 5.79. The summed E-state index contributed by atoms with van der Waals surface area (Å²) in [4.78, 5) is 23.4. The lowest BCUT2D eigenvalue weighted by Gasteiger charge is -2.17. The van der Waals surface area contributed by atoms with Gasteiger partial charge in [0.1, 0.15) is 23.6 Å². The number of hydrogen-bond acceptors (Lipinski definition) is 7. The molecule has 2 aromatic carbocycles. The van der Waals surface area contributed by atoms with Crippen molar-refractivity contribution in [3.8, 4) is 23.0 Å². The van der Waals surface area contributed by atoms with Crippen molar-refractivity contribution in [1.82, 2.24) is 29.3 Å². The number of rotatable bonds is 10. The van der Waals surface area contributed by atoms with Crippen LogP contribution in [0.1, 0.15) is 77.7 Å². The molecule has 10 heteroatoms. The van der Waals surface area contributed by atoms with Crippen LogP contribution in [0.25, 0.3) is 17.2 Å². The summed E-state index contributed by atoms with van der Waals surface area (Å²) in [6.07, 6.45) is 12.7. The van der Waals surface area contributed by atoms with Gasteiger partial charge in [-0.25, -0.2) is 9.97 Å². The number of anilines is 2. The second-order valence-electron chi connectivity index (χ2n) is 11.7. The third-order valence-electron chi connectivity index (χ3n) is 8.61. The molecule has 2 N–H and O–H groups in total. The van der Waals surface area contributed by atoms with Crippen LogP contribution in [-0.4, -0.2) is 42.3 Å². The highest BCUT2D eigenvalue weighted by Gasteiger charge is 2.26. The fraction of sp³-hybridized carbons (Fsp3) is 0.324. The minimum atomic E-state index is -0.257. The molecule has 7 rings (SSSR count). The van der Waals surface area contributed by atoms with Gasteiger partial charge in [0.15, 0.2) is 5.82 Å². The van der Waals surface area contributed by atoms with E-state index in [9.17, 15) is 4.79 Å². The maximum absolute atomic E-state index is 14.0. The first kappa shape index (κ1) is 27.8. The quantitative estimate of drug-likeness (QED) is 0.187. The van der Waals surface area contributed by atoms with Gasteiger partial charge in [-0.1, -0.05) is 31.0 Å². The summed E-state index contributed by atoms with van der Waals surface area (Å²) in [5.74, 6) is 2.26. The number of benzene rings is 2. The molecule has 0 atom stereocenters. The molecule has 1 amide bonds. The van der Waals surface area contributed by atoms with E-state index in [2.05, 4.69) is 43.5 Å². The predicted octanol–water partition coefficient (Wildman–Crippen LogP) is 6.70. The van der Waals surface area contributed by atoms with Gasteiger partial charge in [0.2, 0.25) is 0 Å². The largest absolute Gasteiger partial charge is 0.497 e. The normalized spacial score (nSPS) is 15.0. The number of ether oxygens (including phenoxy) is 1. The Bertz CT molecular complexity index is 1780. The van der Waals surface area contributed by atoms with Crippen molar-refractivity contribution in [3.05, 3.63) is 95.8 Å². The van der Waals surface area contributed by atoms with Crippen LogP contribution in [0.4, 0.5) is 11.5 Å². The molecule has 2 aliphatic carbocycles. The number of amides is 1. The molecule has 0 spiro atoms. The number of aryl methyl sites for hydroxylation is 1. The Morgan fingerprint density at radius 2 is 1.84 bits per heavy atom. The van der Waals surface area contributed by atoms with Gasteiger partial charge in [-0.2, -0.15) is 0 Å². The van der Waals surface area contributed by atoms with Crippen molar-refractivity contribution >= 4 is 17.4 Å². The number of carbonyl (C=O) groups excluding carboxylic acids is 1. The van der Waals surface area contributed by atoms with Gasteiger partial charge in [-0.15, -0.1) is 10.2 Å². The molecular formula is C34H36N8O2. The minimum Gasteiger partial charge on any atom is -0.497 e. The molecule has 3 heterocycles. The summed E-state index contributed by atoms with van der Waals surface area (Å²) >= 11 is 0. The Labute approximate surface area is 256 Å². The molecule has 0 unspecified atom stereocenters. The molecule has 2 aliphatic rings. The maximum Gasteiger partial charge on any atom is 0.258 e. The minimum absolute atomic E-state index is 0.257. The standard InChI is InChI=1S/C34H36N8O2/c1-22-16-29(35-18-23-10-14-26(44-2)15-11-23)27(17-31(22)41-19-30(36-20-41)24-12-13-24)34(43)39-32-9-5-8-28(38-32)33-40-37-21-42(33)25-6-3-4-7-25/h5,8-11,14-17,19-21,24-25,35H,3-4,6-7,12-13,18H2,1-2H3,(H,38,39,43). The van der Waals surface area contributed by atoms with Crippen molar-refractivity contribution in [2.75, 3.05) is 17.7 Å². The third-order valence-corrected chi connectivity index (χ3v) is 8.61. The molecule has 5 aromatic rings. The first-order chi connectivity index (χ1) is 21.6. The molecule has 3 aromatic heterocycles. The Hall–Kier alpha value is -4.99. The van der Waals surface area contributed by atoms with E-state index in [1.165, 1.54) is 25.7 Å². The van der Waals surface area contributed by atoms with Crippen molar-refractivity contribution < 1.29 is 9.53 Å². The number of methoxy groups -OCH3 is 1. The summed E-state index contributed by atoms with van der Waals surface area (Å²) < 4.78 is 9.44. The van der Waals surface area contributed by atoms with E-state index in [0.717, 1.165) is 52.6 Å². The van der Waals surface area contributed by atoms with Crippen LogP contribution in [0.3, 0.4) is 0 Å². The van der Waals surface area contributed by atoms with Gasteiger partial charge in [-0.3, -0.25) is 4.79 Å². The van der Waals surface area contributed by atoms with Gasteiger partial charge in [0.05, 0.1) is 30.4 Å². The second-order valence-corrected chi connectivity index (χ2v) is 11.7. The van der Waals surface area contributed by atoms with Crippen LogP contribution >= 0.6 is 0 Å². The van der Waals surface area contributed by atoms with E-state index < -0.39 is 0 Å². The summed E-state index contributed by atoms with van der Waals surface area (Å²) in [6.45, 7) is 2.60. The lowest BCUT2D eigenvalue weighted by Crippen LogP contribution is -2.17. The van der Waals surface area contributed by atoms with Gasteiger partial charge in [-0.05, 0) is 80.1 Å². The smallest absolute Gasteiger partial charge is 0.258 e. The fourth-order valence-electron chi connectivity index (χ4n) is 6.00. The van der Waals surface area contributed by atoms with Crippen LogP contribution in [0.15, 0.2) is 73.4 Å². The number of imidazole rings is 1. The van der Waals surface area contributed by atoms with Gasteiger partial charge in [0, 0.05) is 30.4 Å². The number of aromatic nitrogens is 6. The highest BCUT2D eigenvalue weighted by molar-refractivity contribution is 6.08. The average Bonchev–Trinajstić information content (AvgIpc) is 3.42. The lowest BCUT2D eigenvalue weighted by molar-refractivity contribution is 0.102. The molecule has 224 valence electrons. The van der Waals surface area contributed by atoms with Crippen molar-refractivity contribution in [2.45, 2.75) is 64.0 Å². The monoisotopic (exact) mass is 588 g/mol. The van der Waals surface area contributed by atoms with Crippen molar-refractivity contribution in [3.63, 3.8) is 0 Å².